The van der Waals surface area contributed by atoms with Crippen molar-refractivity contribution in [2.45, 2.75) is 13.1 Å². The van der Waals surface area contributed by atoms with E-state index in [1.807, 2.05) is 61.6 Å². The van der Waals surface area contributed by atoms with Crippen LogP contribution in [0.4, 0.5) is 0 Å². The van der Waals surface area contributed by atoms with Crippen molar-refractivity contribution in [1.82, 2.24) is 20.2 Å². The number of rotatable bonds is 5. The van der Waals surface area contributed by atoms with Gasteiger partial charge < -0.3 is 15.2 Å². The molecule has 0 bridgehead atoms. The molecule has 128 valence electrons. The molecular weight excluding hydrogens is 310 g/mol. The maximum absolute atomic E-state index is 4.66. The molecule has 0 unspecified atom stereocenters. The predicted octanol–water partition coefficient (Wildman–Crippen LogP) is 3.28. The minimum Gasteiger partial charge on any atom is -0.349 e. The third kappa shape index (κ3) is 4.70. The molecule has 0 saturated heterocycles. The molecule has 0 aliphatic rings. The van der Waals surface area contributed by atoms with Crippen LogP contribution in [0.2, 0.25) is 0 Å². The number of hydrogen-bond donors (Lipinski definition) is 2. The van der Waals surface area contributed by atoms with Gasteiger partial charge in [-0.15, -0.1) is 0 Å². The minimum atomic E-state index is 0.596. The van der Waals surface area contributed by atoms with Gasteiger partial charge in [-0.2, -0.15) is 0 Å². The average Bonchev–Trinajstić information content (AvgIpc) is 3.12. The Balaban J connectivity index is 1.63. The second-order valence-electron chi connectivity index (χ2n) is 5.98. The van der Waals surface area contributed by atoms with E-state index in [0.717, 1.165) is 23.0 Å². The molecule has 5 nitrogen and oxygen atoms in total. The number of guanidine groups is 1. The fourth-order valence-electron chi connectivity index (χ4n) is 2.48. The summed E-state index contributed by atoms with van der Waals surface area (Å²) in [6.45, 7) is 1.24. The number of aromatic nitrogens is 2. The number of aromatic amines is 1. The van der Waals surface area contributed by atoms with Gasteiger partial charge >= 0.3 is 0 Å². The van der Waals surface area contributed by atoms with Gasteiger partial charge in [0.2, 0.25) is 0 Å². The number of H-pyrrole nitrogens is 1. The fraction of sp³-hybridized carbons (Fsp3) is 0.200. The Bertz CT molecular complexity index is 806. The van der Waals surface area contributed by atoms with Crippen LogP contribution < -0.4 is 5.32 Å². The molecule has 5 heteroatoms. The Morgan fingerprint density at radius 2 is 1.72 bits per heavy atom. The van der Waals surface area contributed by atoms with Crippen LogP contribution in [0, 0.1) is 0 Å². The van der Waals surface area contributed by atoms with Gasteiger partial charge in [0.25, 0.3) is 0 Å². The van der Waals surface area contributed by atoms with Crippen LogP contribution >= 0.6 is 0 Å². The van der Waals surface area contributed by atoms with Gasteiger partial charge in [0.05, 0.1) is 25.0 Å². The van der Waals surface area contributed by atoms with Crippen LogP contribution in [0.1, 0.15) is 11.4 Å². The van der Waals surface area contributed by atoms with Crippen molar-refractivity contribution in [3.63, 3.8) is 0 Å². The molecule has 2 N–H and O–H groups in total. The van der Waals surface area contributed by atoms with Crippen LogP contribution in [0.3, 0.4) is 0 Å². The van der Waals surface area contributed by atoms with Crippen molar-refractivity contribution in [1.29, 1.82) is 0 Å². The Hall–Kier alpha value is -3.08. The third-order valence-electron chi connectivity index (χ3n) is 3.81. The van der Waals surface area contributed by atoms with E-state index in [2.05, 4.69) is 44.5 Å². The predicted molar refractivity (Wildman–Crippen MR) is 102 cm³/mol. The van der Waals surface area contributed by atoms with E-state index in [4.69, 9.17) is 0 Å². The molecule has 3 rings (SSSR count). The summed E-state index contributed by atoms with van der Waals surface area (Å²) in [5.41, 5.74) is 3.34. The topological polar surface area (TPSA) is 56.3 Å². The van der Waals surface area contributed by atoms with Crippen LogP contribution in [-0.2, 0) is 13.1 Å². The minimum absolute atomic E-state index is 0.596. The summed E-state index contributed by atoms with van der Waals surface area (Å²) in [5.74, 6) is 1.72. The fourth-order valence-corrected chi connectivity index (χ4v) is 2.48. The van der Waals surface area contributed by atoms with E-state index >= 15 is 0 Å². The number of imidazole rings is 1. The van der Waals surface area contributed by atoms with Gasteiger partial charge in [0.15, 0.2) is 5.96 Å². The van der Waals surface area contributed by atoms with Crippen molar-refractivity contribution >= 4 is 5.96 Å². The molecule has 3 aromatic rings. The van der Waals surface area contributed by atoms with Crippen LogP contribution in [0.15, 0.2) is 71.9 Å². The molecule has 0 aliphatic carbocycles. The first-order valence-corrected chi connectivity index (χ1v) is 8.31. The molecule has 2 aromatic carbocycles. The van der Waals surface area contributed by atoms with Crippen molar-refractivity contribution in [2.24, 2.45) is 4.99 Å². The zero-order valence-corrected chi connectivity index (χ0v) is 14.6. The smallest absolute Gasteiger partial charge is 0.194 e. The highest BCUT2D eigenvalue weighted by Crippen LogP contribution is 2.15. The van der Waals surface area contributed by atoms with Gasteiger partial charge in [0, 0.05) is 14.1 Å². The van der Waals surface area contributed by atoms with E-state index in [1.165, 1.54) is 5.56 Å². The second-order valence-corrected chi connectivity index (χ2v) is 5.98. The summed E-state index contributed by atoms with van der Waals surface area (Å²) < 4.78 is 0. The summed E-state index contributed by atoms with van der Waals surface area (Å²) in [4.78, 5) is 14.4. The molecule has 0 atom stereocenters. The van der Waals surface area contributed by atoms with Crippen LogP contribution in [0.5, 0.6) is 0 Å². The Labute approximate surface area is 148 Å². The van der Waals surface area contributed by atoms with Crippen molar-refractivity contribution in [2.75, 3.05) is 14.1 Å². The monoisotopic (exact) mass is 333 g/mol. The number of nitrogens with one attached hydrogen (secondary N) is 2. The summed E-state index contributed by atoms with van der Waals surface area (Å²) in [5, 5.41) is 3.35. The number of benzene rings is 2. The maximum atomic E-state index is 4.66. The zero-order valence-electron chi connectivity index (χ0n) is 14.6. The van der Waals surface area contributed by atoms with Gasteiger partial charge in [0.1, 0.15) is 5.82 Å². The Morgan fingerprint density at radius 3 is 2.40 bits per heavy atom. The molecule has 1 heterocycles. The van der Waals surface area contributed by atoms with E-state index in [-0.39, 0.29) is 0 Å². The molecule has 0 amide bonds. The average molecular weight is 333 g/mol. The van der Waals surface area contributed by atoms with Crippen LogP contribution in [0.25, 0.3) is 11.3 Å². The molecule has 0 fully saturated rings. The summed E-state index contributed by atoms with van der Waals surface area (Å²) in [6, 6.07) is 20.4. The standard InChI is InChI=1S/C20H23N5/c1-25(2)20(22-13-16-9-5-3-6-10-16)23-15-19-21-14-18(24-19)17-11-7-4-8-12-17/h3-12,14H,13,15H2,1-2H3,(H,21,24)(H,22,23). The first-order valence-electron chi connectivity index (χ1n) is 8.31. The highest BCUT2D eigenvalue weighted by molar-refractivity contribution is 5.79. The van der Waals surface area contributed by atoms with Crippen molar-refractivity contribution in [3.05, 3.63) is 78.2 Å². The van der Waals surface area contributed by atoms with Crippen LogP contribution in [-0.4, -0.2) is 34.9 Å². The zero-order chi connectivity index (χ0) is 17.5. The molecule has 0 spiro atoms. The SMILES string of the molecule is CN(C)C(=NCc1ccccc1)NCc1ncc(-c2ccccc2)[nH]1. The van der Waals surface area contributed by atoms with Gasteiger partial charge in [-0.25, -0.2) is 9.98 Å². The molecule has 25 heavy (non-hydrogen) atoms. The Morgan fingerprint density at radius 1 is 1.04 bits per heavy atom. The lowest BCUT2D eigenvalue weighted by Crippen LogP contribution is -2.36. The van der Waals surface area contributed by atoms with E-state index in [1.54, 1.807) is 0 Å². The normalized spacial score (nSPS) is 11.4. The first kappa shape index (κ1) is 16.8. The quantitative estimate of drug-likeness (QED) is 0.556. The van der Waals surface area contributed by atoms with E-state index < -0.39 is 0 Å². The molecular formula is C20H23N5. The highest BCUT2D eigenvalue weighted by Gasteiger charge is 2.06. The second kappa shape index (κ2) is 8.15. The van der Waals surface area contributed by atoms with Crippen molar-refractivity contribution in [3.8, 4) is 11.3 Å². The van der Waals surface area contributed by atoms with E-state index in [9.17, 15) is 0 Å². The summed E-state index contributed by atoms with van der Waals surface area (Å²) in [7, 11) is 3.96. The number of nitrogens with zero attached hydrogens (tertiary/aromatic N) is 3. The molecule has 0 saturated carbocycles. The Kier molecular flexibility index (Phi) is 5.46. The lowest BCUT2D eigenvalue weighted by atomic mass is 10.2. The third-order valence-corrected chi connectivity index (χ3v) is 3.81. The molecule has 1 aromatic heterocycles. The number of aliphatic imine (C=N–C) groups is 1. The van der Waals surface area contributed by atoms with Gasteiger partial charge in [-0.1, -0.05) is 60.7 Å². The summed E-state index contributed by atoms with van der Waals surface area (Å²) in [6.07, 6.45) is 1.86. The first-order chi connectivity index (χ1) is 12.2. The lowest BCUT2D eigenvalue weighted by Gasteiger charge is -2.17. The van der Waals surface area contributed by atoms with Gasteiger partial charge in [-0.05, 0) is 11.1 Å². The molecule has 0 radical (unpaired) electrons. The number of hydrogen-bond acceptors (Lipinski definition) is 2. The summed E-state index contributed by atoms with van der Waals surface area (Å²) >= 11 is 0. The van der Waals surface area contributed by atoms with Crippen molar-refractivity contribution < 1.29 is 0 Å². The lowest BCUT2D eigenvalue weighted by molar-refractivity contribution is 0.576. The highest BCUT2D eigenvalue weighted by atomic mass is 15.3. The van der Waals surface area contributed by atoms with Gasteiger partial charge in [-0.3, -0.25) is 0 Å². The molecule has 0 aliphatic heterocycles. The maximum Gasteiger partial charge on any atom is 0.194 e. The largest absolute Gasteiger partial charge is 0.349 e. The van der Waals surface area contributed by atoms with E-state index in [0.29, 0.717) is 13.1 Å².